The van der Waals surface area contributed by atoms with Gasteiger partial charge in [0.25, 0.3) is 0 Å². The molecular formula is C21H29FN6O. The summed E-state index contributed by atoms with van der Waals surface area (Å²) in [6, 6.07) is 7.01. The minimum absolute atomic E-state index is 0.217. The van der Waals surface area contributed by atoms with E-state index in [-0.39, 0.29) is 18.4 Å². The van der Waals surface area contributed by atoms with E-state index >= 15 is 0 Å². The highest BCUT2D eigenvalue weighted by Crippen LogP contribution is 2.30. The first-order valence-corrected chi connectivity index (χ1v) is 10.2. The first kappa shape index (κ1) is 19.8. The molecule has 8 heteroatoms. The van der Waals surface area contributed by atoms with Crippen LogP contribution in [0.4, 0.5) is 15.9 Å². The lowest BCUT2D eigenvalue weighted by Crippen LogP contribution is -2.43. The molecule has 4 rings (SSSR count). The van der Waals surface area contributed by atoms with Crippen LogP contribution < -0.4 is 15.8 Å². The Kier molecular flexibility index (Phi) is 5.56. The summed E-state index contributed by atoms with van der Waals surface area (Å²) in [5, 5.41) is 3.12. The van der Waals surface area contributed by atoms with Gasteiger partial charge in [-0.3, -0.25) is 4.90 Å². The van der Waals surface area contributed by atoms with Gasteiger partial charge in [-0.15, -0.1) is 0 Å². The average Bonchev–Trinajstić information content (AvgIpc) is 3.24. The van der Waals surface area contributed by atoms with Crippen LogP contribution in [0.5, 0.6) is 6.01 Å². The molecule has 3 heterocycles. The smallest absolute Gasteiger partial charge is 0.318 e. The Hall–Kier alpha value is -2.45. The summed E-state index contributed by atoms with van der Waals surface area (Å²) in [4.78, 5) is 13.4. The zero-order chi connectivity index (χ0) is 20.5. The number of benzene rings is 1. The number of ether oxygens (including phenoxy) is 1. The van der Waals surface area contributed by atoms with Gasteiger partial charge < -0.3 is 20.7 Å². The van der Waals surface area contributed by atoms with Crippen LogP contribution in [0.3, 0.4) is 0 Å². The summed E-state index contributed by atoms with van der Waals surface area (Å²) in [6.07, 6.45) is 1.23. The van der Waals surface area contributed by atoms with Gasteiger partial charge in [-0.25, -0.2) is 4.39 Å². The van der Waals surface area contributed by atoms with Gasteiger partial charge in [0.2, 0.25) is 0 Å². The molecule has 0 aliphatic carbocycles. The molecular weight excluding hydrogens is 371 g/mol. The molecule has 2 fully saturated rings. The van der Waals surface area contributed by atoms with Gasteiger partial charge in [0.15, 0.2) is 5.82 Å². The number of rotatable bonds is 7. The number of aromatic nitrogens is 2. The van der Waals surface area contributed by atoms with Crippen molar-refractivity contribution in [1.29, 1.82) is 0 Å². The van der Waals surface area contributed by atoms with Crippen molar-refractivity contribution in [2.24, 2.45) is 0 Å². The fourth-order valence-electron chi connectivity index (χ4n) is 4.27. The zero-order valence-electron chi connectivity index (χ0n) is 17.3. The van der Waals surface area contributed by atoms with Crippen LogP contribution in [-0.2, 0) is 13.1 Å². The predicted octanol–water partition coefficient (Wildman–Crippen LogP) is 2.41. The predicted molar refractivity (Wildman–Crippen MR) is 111 cm³/mol. The van der Waals surface area contributed by atoms with Crippen LogP contribution in [0.2, 0.25) is 0 Å². The molecule has 2 aromatic rings. The lowest BCUT2D eigenvalue weighted by molar-refractivity contribution is 0.143. The van der Waals surface area contributed by atoms with E-state index < -0.39 is 0 Å². The summed E-state index contributed by atoms with van der Waals surface area (Å²) >= 11 is 0. The van der Waals surface area contributed by atoms with Crippen molar-refractivity contribution in [3.05, 3.63) is 40.8 Å². The molecule has 3 N–H and O–H groups in total. The van der Waals surface area contributed by atoms with Crippen LogP contribution in [-0.4, -0.2) is 58.6 Å². The Balaban J connectivity index is 1.40. The van der Waals surface area contributed by atoms with E-state index in [9.17, 15) is 4.39 Å². The Morgan fingerprint density at radius 2 is 2.10 bits per heavy atom. The Labute approximate surface area is 171 Å². The highest BCUT2D eigenvalue weighted by Gasteiger charge is 2.41. The van der Waals surface area contributed by atoms with Crippen LogP contribution in [0.25, 0.3) is 0 Å². The number of nitrogen functional groups attached to an aromatic ring is 1. The van der Waals surface area contributed by atoms with Gasteiger partial charge in [0, 0.05) is 43.8 Å². The molecule has 1 aromatic carbocycles. The average molecular weight is 401 g/mol. The third kappa shape index (κ3) is 4.13. The molecule has 29 heavy (non-hydrogen) atoms. The molecule has 2 saturated heterocycles. The zero-order valence-corrected chi connectivity index (χ0v) is 17.3. The number of likely N-dealkylation sites (N-methyl/N-ethyl adjacent to an activating group) is 1. The number of nitrogens with one attached hydrogen (secondary N) is 1. The van der Waals surface area contributed by atoms with E-state index in [1.165, 1.54) is 6.42 Å². The molecule has 2 aliphatic rings. The Bertz CT molecular complexity index is 890. The highest BCUT2D eigenvalue weighted by atomic mass is 19.1. The number of nitrogens with two attached hydrogens (primary N) is 1. The van der Waals surface area contributed by atoms with Crippen molar-refractivity contribution < 1.29 is 9.13 Å². The van der Waals surface area contributed by atoms with E-state index in [2.05, 4.69) is 32.1 Å². The van der Waals surface area contributed by atoms with Crippen molar-refractivity contribution >= 4 is 11.5 Å². The number of hydrogen-bond acceptors (Lipinski definition) is 7. The molecule has 0 amide bonds. The molecule has 0 saturated carbocycles. The summed E-state index contributed by atoms with van der Waals surface area (Å²) in [7, 11) is 2.19. The first-order chi connectivity index (χ1) is 13.9. The molecule has 2 bridgehead atoms. The lowest BCUT2D eigenvalue weighted by atomic mass is 10.1. The maximum Gasteiger partial charge on any atom is 0.318 e. The Morgan fingerprint density at radius 3 is 2.76 bits per heavy atom. The van der Waals surface area contributed by atoms with Gasteiger partial charge in [-0.1, -0.05) is 12.1 Å². The van der Waals surface area contributed by atoms with Crippen LogP contribution in [0.15, 0.2) is 18.2 Å². The van der Waals surface area contributed by atoms with Crippen LogP contribution in [0, 0.1) is 12.7 Å². The third-order valence-corrected chi connectivity index (χ3v) is 5.97. The van der Waals surface area contributed by atoms with E-state index in [1.807, 2.05) is 19.1 Å². The highest BCUT2D eigenvalue weighted by molar-refractivity contribution is 5.64. The van der Waals surface area contributed by atoms with Crippen molar-refractivity contribution in [1.82, 2.24) is 19.8 Å². The van der Waals surface area contributed by atoms with Crippen molar-refractivity contribution in [2.45, 2.75) is 45.4 Å². The SMILES string of the molecule is CCOc1nc(C)c(N)c(NCc2ccc(CN3C[C@@H]4CC3CN4C)cc2F)n1. The molecule has 7 nitrogen and oxygen atoms in total. The molecule has 2 atom stereocenters. The molecule has 0 spiro atoms. The van der Waals surface area contributed by atoms with E-state index in [0.717, 1.165) is 25.2 Å². The van der Waals surface area contributed by atoms with Gasteiger partial charge in [-0.05, 0) is 38.9 Å². The van der Waals surface area contributed by atoms with Gasteiger partial charge in [-0.2, -0.15) is 9.97 Å². The first-order valence-electron chi connectivity index (χ1n) is 10.2. The summed E-state index contributed by atoms with van der Waals surface area (Å²) in [5.74, 6) is 0.243. The number of likely N-dealkylation sites (tertiary alicyclic amines) is 2. The number of fused-ring (bicyclic) bond motifs is 2. The monoisotopic (exact) mass is 400 g/mol. The standard InChI is InChI=1S/C21H29FN6O/c1-4-29-21-25-13(2)19(23)20(26-21)24-9-15-6-5-14(7-18(15)22)10-28-12-16-8-17(28)11-27(16)3/h5-7,16-17H,4,8-12,23H2,1-3H3,(H,24,25,26)/t16-,17?/m0/s1. The van der Waals surface area contributed by atoms with Crippen molar-refractivity contribution in [3.63, 3.8) is 0 Å². The maximum atomic E-state index is 14.7. The van der Waals surface area contributed by atoms with E-state index in [1.54, 1.807) is 13.0 Å². The second-order valence-corrected chi connectivity index (χ2v) is 7.98. The van der Waals surface area contributed by atoms with Crippen LogP contribution in [0.1, 0.15) is 30.2 Å². The number of hydrogen-bond donors (Lipinski definition) is 2. The minimum Gasteiger partial charge on any atom is -0.464 e. The summed E-state index contributed by atoms with van der Waals surface area (Å²) in [6.45, 7) is 7.40. The second-order valence-electron chi connectivity index (χ2n) is 7.98. The fraction of sp³-hybridized carbons (Fsp3) is 0.524. The molecule has 1 aromatic heterocycles. The Morgan fingerprint density at radius 1 is 1.28 bits per heavy atom. The lowest BCUT2D eigenvalue weighted by Gasteiger charge is -2.31. The number of halogens is 1. The molecule has 2 aliphatic heterocycles. The van der Waals surface area contributed by atoms with Gasteiger partial charge in [0.05, 0.1) is 18.0 Å². The van der Waals surface area contributed by atoms with E-state index in [0.29, 0.717) is 41.5 Å². The quantitative estimate of drug-likeness (QED) is 0.739. The maximum absolute atomic E-state index is 14.7. The molecule has 1 unspecified atom stereocenters. The summed E-state index contributed by atoms with van der Waals surface area (Å²) < 4.78 is 20.1. The largest absolute Gasteiger partial charge is 0.464 e. The third-order valence-electron chi connectivity index (χ3n) is 5.97. The van der Waals surface area contributed by atoms with Gasteiger partial charge >= 0.3 is 6.01 Å². The second kappa shape index (κ2) is 8.12. The summed E-state index contributed by atoms with van der Waals surface area (Å²) in [5.41, 5.74) is 8.72. The normalized spacial score (nSPS) is 21.7. The number of nitrogens with zero attached hydrogens (tertiary/aromatic N) is 4. The van der Waals surface area contributed by atoms with Crippen molar-refractivity contribution in [3.8, 4) is 6.01 Å². The number of anilines is 2. The van der Waals surface area contributed by atoms with Crippen molar-refractivity contribution in [2.75, 3.05) is 37.8 Å². The van der Waals surface area contributed by atoms with Crippen LogP contribution >= 0.6 is 0 Å². The topological polar surface area (TPSA) is 79.5 Å². The molecule has 0 radical (unpaired) electrons. The minimum atomic E-state index is -0.217. The number of aryl methyl sites for hydroxylation is 1. The number of piperazine rings is 1. The fourth-order valence-corrected chi connectivity index (χ4v) is 4.27. The van der Waals surface area contributed by atoms with Gasteiger partial charge in [0.1, 0.15) is 5.82 Å². The van der Waals surface area contributed by atoms with E-state index in [4.69, 9.17) is 10.5 Å². The molecule has 156 valence electrons.